The lowest BCUT2D eigenvalue weighted by atomic mass is 9.85. The summed E-state index contributed by atoms with van der Waals surface area (Å²) in [6.45, 7) is 10.1. The molecule has 1 aliphatic heterocycles. The molecule has 1 saturated heterocycles. The third-order valence-electron chi connectivity index (χ3n) is 4.69. The molecule has 0 spiro atoms. The Kier molecular flexibility index (Phi) is 7.34. The number of carbonyl (C=O) groups excluding carboxylic acids is 3. The molecule has 0 aromatic heterocycles. The highest BCUT2D eigenvalue weighted by Crippen LogP contribution is 2.36. The van der Waals surface area contributed by atoms with Gasteiger partial charge in [0, 0.05) is 24.5 Å². The Hall–Kier alpha value is -2.67. The summed E-state index contributed by atoms with van der Waals surface area (Å²) in [7, 11) is 0. The molecule has 2 aliphatic rings. The number of aliphatic hydroxyl groups is 1. The van der Waals surface area contributed by atoms with E-state index in [9.17, 15) is 19.5 Å². The van der Waals surface area contributed by atoms with Crippen LogP contribution in [0.4, 0.5) is 0 Å². The van der Waals surface area contributed by atoms with E-state index in [1.807, 2.05) is 6.08 Å². The predicted molar refractivity (Wildman–Crippen MR) is 101 cm³/mol. The highest BCUT2D eigenvalue weighted by atomic mass is 16.6. The van der Waals surface area contributed by atoms with Crippen LogP contribution in [0.5, 0.6) is 0 Å². The average molecular weight is 390 g/mol. The number of fused-ring (bicyclic) bond motifs is 1. The number of carbonyl (C=O) groups is 3. The van der Waals surface area contributed by atoms with E-state index in [0.29, 0.717) is 18.4 Å². The summed E-state index contributed by atoms with van der Waals surface area (Å²) in [5, 5.41) is 9.70. The summed E-state index contributed by atoms with van der Waals surface area (Å²) in [6, 6.07) is 0. The maximum atomic E-state index is 12.2. The number of allylic oxidation sites excluding steroid dienone is 1. The summed E-state index contributed by atoms with van der Waals surface area (Å²) >= 11 is 0. The van der Waals surface area contributed by atoms with E-state index >= 15 is 0 Å². The molecular formula is C21H26O7. The molecule has 152 valence electrons. The van der Waals surface area contributed by atoms with Crippen LogP contribution in [0.25, 0.3) is 0 Å². The molecule has 0 radical (unpaired) electrons. The van der Waals surface area contributed by atoms with E-state index in [1.165, 1.54) is 13.8 Å². The molecule has 28 heavy (non-hydrogen) atoms. The SMILES string of the molecule is C=C(C)C(=O)OC1CC(CO)=CCCC(COC(C)=O)=CC2OC(=O)C(=C)C21. The zero-order chi connectivity index (χ0) is 20.8. The molecule has 1 N–H and O–H groups in total. The first-order valence-corrected chi connectivity index (χ1v) is 9.10. The number of esters is 3. The van der Waals surface area contributed by atoms with Crippen molar-refractivity contribution in [3.63, 3.8) is 0 Å². The van der Waals surface area contributed by atoms with E-state index in [4.69, 9.17) is 14.2 Å². The second-order valence-corrected chi connectivity index (χ2v) is 7.01. The highest BCUT2D eigenvalue weighted by molar-refractivity contribution is 5.91. The lowest BCUT2D eigenvalue weighted by molar-refractivity contribution is -0.147. The molecule has 3 unspecified atom stereocenters. The van der Waals surface area contributed by atoms with Crippen molar-refractivity contribution in [1.29, 1.82) is 0 Å². The number of aliphatic hydroxyl groups excluding tert-OH is 1. The minimum Gasteiger partial charge on any atom is -0.461 e. The normalized spacial score (nSPS) is 25.0. The van der Waals surface area contributed by atoms with Crippen molar-refractivity contribution in [2.24, 2.45) is 5.92 Å². The molecule has 1 aliphatic carbocycles. The van der Waals surface area contributed by atoms with Crippen molar-refractivity contribution in [3.05, 3.63) is 47.6 Å². The molecule has 7 nitrogen and oxygen atoms in total. The number of hydrogen-bond donors (Lipinski definition) is 1. The van der Waals surface area contributed by atoms with Crippen LogP contribution in [0.2, 0.25) is 0 Å². The first-order valence-electron chi connectivity index (χ1n) is 9.10. The maximum Gasteiger partial charge on any atom is 0.334 e. The third-order valence-corrected chi connectivity index (χ3v) is 4.69. The molecule has 3 atom stereocenters. The monoisotopic (exact) mass is 390 g/mol. The van der Waals surface area contributed by atoms with Gasteiger partial charge in [-0.2, -0.15) is 0 Å². The molecule has 0 saturated carbocycles. The van der Waals surface area contributed by atoms with Crippen LogP contribution in [0, 0.1) is 5.92 Å². The lowest BCUT2D eigenvalue weighted by Crippen LogP contribution is -2.34. The van der Waals surface area contributed by atoms with Gasteiger partial charge in [0.15, 0.2) is 0 Å². The second-order valence-electron chi connectivity index (χ2n) is 7.01. The van der Waals surface area contributed by atoms with Crippen LogP contribution < -0.4 is 0 Å². The number of ether oxygens (including phenoxy) is 3. The van der Waals surface area contributed by atoms with Crippen molar-refractivity contribution in [2.45, 2.75) is 45.3 Å². The van der Waals surface area contributed by atoms with Gasteiger partial charge in [0.2, 0.25) is 0 Å². The minimum atomic E-state index is -0.754. The van der Waals surface area contributed by atoms with Crippen LogP contribution in [0.3, 0.4) is 0 Å². The molecule has 0 aromatic carbocycles. The van der Waals surface area contributed by atoms with E-state index in [-0.39, 0.29) is 30.8 Å². The third kappa shape index (κ3) is 5.42. The van der Waals surface area contributed by atoms with Gasteiger partial charge in [-0.15, -0.1) is 0 Å². The summed E-state index contributed by atoms with van der Waals surface area (Å²) in [4.78, 5) is 35.5. The minimum absolute atomic E-state index is 0.0705. The zero-order valence-corrected chi connectivity index (χ0v) is 16.2. The average Bonchev–Trinajstić information content (AvgIpc) is 2.91. The molecule has 0 bridgehead atoms. The molecule has 1 fully saturated rings. The summed E-state index contributed by atoms with van der Waals surface area (Å²) in [5.74, 6) is -2.18. The largest absolute Gasteiger partial charge is 0.461 e. The van der Waals surface area contributed by atoms with Gasteiger partial charge in [0.05, 0.1) is 12.5 Å². The first kappa shape index (κ1) is 21.6. The van der Waals surface area contributed by atoms with E-state index in [2.05, 4.69) is 13.2 Å². The van der Waals surface area contributed by atoms with Gasteiger partial charge >= 0.3 is 17.9 Å². The Morgan fingerprint density at radius 3 is 2.64 bits per heavy atom. The van der Waals surface area contributed by atoms with Gasteiger partial charge in [0.25, 0.3) is 0 Å². The molecule has 2 rings (SSSR count). The van der Waals surface area contributed by atoms with E-state index < -0.39 is 36.0 Å². The Balaban J connectivity index is 2.41. The lowest BCUT2D eigenvalue weighted by Gasteiger charge is -2.28. The van der Waals surface area contributed by atoms with E-state index in [0.717, 1.165) is 5.57 Å². The first-order chi connectivity index (χ1) is 13.2. The fourth-order valence-electron chi connectivity index (χ4n) is 3.22. The van der Waals surface area contributed by atoms with Gasteiger partial charge in [-0.1, -0.05) is 19.2 Å². The van der Waals surface area contributed by atoms with E-state index in [1.54, 1.807) is 6.08 Å². The van der Waals surface area contributed by atoms with Crippen molar-refractivity contribution >= 4 is 17.9 Å². The fourth-order valence-corrected chi connectivity index (χ4v) is 3.22. The van der Waals surface area contributed by atoms with Crippen LogP contribution in [-0.4, -0.2) is 48.4 Å². The zero-order valence-electron chi connectivity index (χ0n) is 16.2. The Labute approximate surface area is 164 Å². The van der Waals surface area contributed by atoms with Crippen LogP contribution >= 0.6 is 0 Å². The van der Waals surface area contributed by atoms with Crippen LogP contribution in [0.15, 0.2) is 47.6 Å². The summed E-state index contributed by atoms with van der Waals surface area (Å²) in [5.41, 5.74) is 1.88. The summed E-state index contributed by atoms with van der Waals surface area (Å²) in [6.07, 6.45) is 3.56. The van der Waals surface area contributed by atoms with Gasteiger partial charge in [-0.05, 0) is 37.0 Å². The maximum absolute atomic E-state index is 12.2. The topological polar surface area (TPSA) is 99.1 Å². The van der Waals surface area contributed by atoms with Crippen molar-refractivity contribution in [1.82, 2.24) is 0 Å². The second kappa shape index (κ2) is 9.50. The highest BCUT2D eigenvalue weighted by Gasteiger charge is 2.44. The standard InChI is InChI=1S/C21H26O7/c1-12(2)20(24)27-17-8-15(10-22)6-5-7-16(11-26-14(4)23)9-18-19(17)13(3)21(25)28-18/h6,9,17-19,22H,1,3,5,7-8,10-11H2,2,4H3. The van der Waals surface area contributed by atoms with Crippen LogP contribution in [0.1, 0.15) is 33.1 Å². The Morgan fingerprint density at radius 2 is 2.04 bits per heavy atom. The van der Waals surface area contributed by atoms with Gasteiger partial charge in [-0.3, -0.25) is 4.79 Å². The molecule has 0 amide bonds. The fraction of sp³-hybridized carbons (Fsp3) is 0.476. The predicted octanol–water partition coefficient (Wildman–Crippen LogP) is 2.16. The van der Waals surface area contributed by atoms with Crippen LogP contribution in [-0.2, 0) is 28.6 Å². The smallest absolute Gasteiger partial charge is 0.334 e. The van der Waals surface area contributed by atoms with Crippen molar-refractivity contribution in [2.75, 3.05) is 13.2 Å². The van der Waals surface area contributed by atoms with Crippen molar-refractivity contribution < 1.29 is 33.7 Å². The van der Waals surface area contributed by atoms with Gasteiger partial charge < -0.3 is 19.3 Å². The molecule has 0 aromatic rings. The van der Waals surface area contributed by atoms with Gasteiger partial charge in [-0.25, -0.2) is 9.59 Å². The number of hydrogen-bond acceptors (Lipinski definition) is 7. The quantitative estimate of drug-likeness (QED) is 0.332. The van der Waals surface area contributed by atoms with Crippen molar-refractivity contribution in [3.8, 4) is 0 Å². The Bertz CT molecular complexity index is 744. The number of rotatable bonds is 5. The Morgan fingerprint density at radius 1 is 1.32 bits per heavy atom. The van der Waals surface area contributed by atoms with Gasteiger partial charge in [0.1, 0.15) is 18.8 Å². The summed E-state index contributed by atoms with van der Waals surface area (Å²) < 4.78 is 16.1. The molecule has 7 heteroatoms. The molecular weight excluding hydrogens is 364 g/mol. The molecule has 1 heterocycles.